The average Bonchev–Trinajstić information content (AvgIpc) is 3.11. The Morgan fingerprint density at radius 3 is 2.64 bits per heavy atom. The summed E-state index contributed by atoms with van der Waals surface area (Å²) in [5.41, 5.74) is 0.0994. The van der Waals surface area contributed by atoms with Crippen molar-refractivity contribution in [3.05, 3.63) is 69.4 Å². The molecule has 0 spiro atoms. The van der Waals surface area contributed by atoms with Gasteiger partial charge in [-0.2, -0.15) is 0 Å². The Balaban J connectivity index is 2.14. The van der Waals surface area contributed by atoms with Gasteiger partial charge in [-0.05, 0) is 17.5 Å². The first-order chi connectivity index (χ1) is 10.5. The van der Waals surface area contributed by atoms with E-state index in [1.54, 1.807) is 23.6 Å². The molecule has 1 aliphatic rings. The normalized spacial score (nSPS) is 18.2. The average molecular weight is 317 g/mol. The van der Waals surface area contributed by atoms with Crippen molar-refractivity contribution in [3.63, 3.8) is 0 Å². The molecule has 2 heterocycles. The van der Waals surface area contributed by atoms with Gasteiger partial charge in [-0.15, -0.1) is 11.3 Å². The standard InChI is InChI=1S/C16H12FNO3S/c1-18-13(9-5-2-3-6-10(9)17)12(15(20)16(18)21)14(19)11-7-4-8-22-11/h2-8,13,20H,1H3. The van der Waals surface area contributed by atoms with Crippen LogP contribution in [0.5, 0.6) is 0 Å². The molecule has 0 saturated carbocycles. The maximum Gasteiger partial charge on any atom is 0.289 e. The fourth-order valence-corrected chi connectivity index (χ4v) is 3.23. The second-order valence-electron chi connectivity index (χ2n) is 4.91. The van der Waals surface area contributed by atoms with Crippen LogP contribution in [0.15, 0.2) is 53.1 Å². The Morgan fingerprint density at radius 1 is 1.27 bits per heavy atom. The summed E-state index contributed by atoms with van der Waals surface area (Å²) in [6.07, 6.45) is 0. The molecule has 1 aromatic heterocycles. The largest absolute Gasteiger partial charge is 0.503 e. The van der Waals surface area contributed by atoms with E-state index in [0.29, 0.717) is 4.88 Å². The van der Waals surface area contributed by atoms with E-state index < -0.39 is 29.3 Å². The molecule has 22 heavy (non-hydrogen) atoms. The number of benzene rings is 1. The van der Waals surface area contributed by atoms with Crippen molar-refractivity contribution in [2.75, 3.05) is 7.05 Å². The zero-order valence-corrected chi connectivity index (χ0v) is 12.4. The Morgan fingerprint density at radius 2 is 2.00 bits per heavy atom. The molecule has 1 N–H and O–H groups in total. The maximum absolute atomic E-state index is 14.1. The number of aliphatic hydroxyl groups is 1. The third-order valence-corrected chi connectivity index (χ3v) is 4.50. The molecular weight excluding hydrogens is 305 g/mol. The molecule has 0 aliphatic carbocycles. The molecule has 4 nitrogen and oxygen atoms in total. The molecule has 112 valence electrons. The second-order valence-corrected chi connectivity index (χ2v) is 5.86. The molecule has 0 radical (unpaired) electrons. The number of amides is 1. The van der Waals surface area contributed by atoms with E-state index in [1.807, 2.05) is 0 Å². The van der Waals surface area contributed by atoms with Crippen molar-refractivity contribution < 1.29 is 19.1 Å². The van der Waals surface area contributed by atoms with Crippen LogP contribution in [0.25, 0.3) is 0 Å². The van der Waals surface area contributed by atoms with Crippen LogP contribution in [0.2, 0.25) is 0 Å². The molecule has 3 rings (SSSR count). The van der Waals surface area contributed by atoms with Crippen molar-refractivity contribution >= 4 is 23.0 Å². The summed E-state index contributed by atoms with van der Waals surface area (Å²) in [4.78, 5) is 26.2. The number of rotatable bonds is 3. The summed E-state index contributed by atoms with van der Waals surface area (Å²) in [6.45, 7) is 0. The summed E-state index contributed by atoms with van der Waals surface area (Å²) in [5, 5.41) is 11.8. The van der Waals surface area contributed by atoms with E-state index in [4.69, 9.17) is 0 Å². The highest BCUT2D eigenvalue weighted by Crippen LogP contribution is 2.39. The van der Waals surface area contributed by atoms with Crippen molar-refractivity contribution in [3.8, 4) is 0 Å². The van der Waals surface area contributed by atoms with Crippen molar-refractivity contribution in [2.24, 2.45) is 0 Å². The first-order valence-electron chi connectivity index (χ1n) is 6.55. The highest BCUT2D eigenvalue weighted by atomic mass is 32.1. The van der Waals surface area contributed by atoms with Crippen LogP contribution in [0.3, 0.4) is 0 Å². The van der Waals surface area contributed by atoms with Crippen LogP contribution in [0, 0.1) is 5.82 Å². The number of Topliss-reactive ketones (excluding diaryl/α,β-unsaturated/α-hetero) is 1. The summed E-state index contributed by atoms with van der Waals surface area (Å²) >= 11 is 1.21. The molecule has 1 unspecified atom stereocenters. The van der Waals surface area contributed by atoms with Gasteiger partial charge in [0.25, 0.3) is 5.91 Å². The lowest BCUT2D eigenvalue weighted by Crippen LogP contribution is -2.27. The summed E-state index contributed by atoms with van der Waals surface area (Å²) in [7, 11) is 1.43. The lowest BCUT2D eigenvalue weighted by Gasteiger charge is -2.22. The van der Waals surface area contributed by atoms with Gasteiger partial charge in [0.2, 0.25) is 5.78 Å². The van der Waals surface area contributed by atoms with Gasteiger partial charge in [0.15, 0.2) is 5.76 Å². The van der Waals surface area contributed by atoms with E-state index in [2.05, 4.69) is 0 Å². The second kappa shape index (κ2) is 5.38. The van der Waals surface area contributed by atoms with Crippen molar-refractivity contribution in [1.82, 2.24) is 4.90 Å². The number of carbonyl (C=O) groups excluding carboxylic acids is 2. The molecule has 6 heteroatoms. The third kappa shape index (κ3) is 2.12. The molecule has 0 bridgehead atoms. The molecule has 1 amide bonds. The third-order valence-electron chi connectivity index (χ3n) is 3.63. The molecule has 1 atom stereocenters. The van der Waals surface area contributed by atoms with Gasteiger partial charge in [0.05, 0.1) is 16.5 Å². The number of ketones is 1. The summed E-state index contributed by atoms with van der Waals surface area (Å²) < 4.78 is 14.1. The molecule has 0 saturated heterocycles. The Hall–Kier alpha value is -2.47. The highest BCUT2D eigenvalue weighted by molar-refractivity contribution is 7.12. The fourth-order valence-electron chi connectivity index (χ4n) is 2.56. The predicted molar refractivity (Wildman–Crippen MR) is 80.2 cm³/mol. The van der Waals surface area contributed by atoms with E-state index in [-0.39, 0.29) is 11.1 Å². The topological polar surface area (TPSA) is 57.6 Å². The van der Waals surface area contributed by atoms with Crippen LogP contribution >= 0.6 is 11.3 Å². The minimum Gasteiger partial charge on any atom is -0.503 e. The van der Waals surface area contributed by atoms with Crippen molar-refractivity contribution in [1.29, 1.82) is 0 Å². The van der Waals surface area contributed by atoms with Gasteiger partial charge >= 0.3 is 0 Å². The Bertz CT molecular complexity index is 782. The maximum atomic E-state index is 14.1. The highest BCUT2D eigenvalue weighted by Gasteiger charge is 2.43. The van der Waals surface area contributed by atoms with Crippen LogP contribution in [0.1, 0.15) is 21.3 Å². The van der Waals surface area contributed by atoms with Crippen LogP contribution < -0.4 is 0 Å². The fraction of sp³-hybridized carbons (Fsp3) is 0.125. The smallest absolute Gasteiger partial charge is 0.289 e. The number of carbonyl (C=O) groups is 2. The monoisotopic (exact) mass is 317 g/mol. The van der Waals surface area contributed by atoms with Gasteiger partial charge in [0, 0.05) is 12.6 Å². The van der Waals surface area contributed by atoms with Crippen LogP contribution in [-0.2, 0) is 4.79 Å². The molecule has 2 aromatic rings. The summed E-state index contributed by atoms with van der Waals surface area (Å²) in [6, 6.07) is 8.30. The lowest BCUT2D eigenvalue weighted by molar-refractivity contribution is -0.128. The predicted octanol–water partition coefficient (Wildman–Crippen LogP) is 3.10. The number of hydrogen-bond acceptors (Lipinski definition) is 4. The molecular formula is C16H12FNO3S. The quantitative estimate of drug-likeness (QED) is 0.885. The van der Waals surface area contributed by atoms with E-state index in [1.165, 1.54) is 41.5 Å². The zero-order chi connectivity index (χ0) is 15.9. The Labute approximate surface area is 130 Å². The molecule has 0 fully saturated rings. The first-order valence-corrected chi connectivity index (χ1v) is 7.43. The number of likely N-dealkylation sites (N-methyl/N-ethyl adjacent to an activating group) is 1. The minimum absolute atomic E-state index is 0.0833. The van der Waals surface area contributed by atoms with Crippen LogP contribution in [-0.4, -0.2) is 28.7 Å². The van der Waals surface area contributed by atoms with E-state index >= 15 is 0 Å². The van der Waals surface area contributed by atoms with Gasteiger partial charge in [-0.3, -0.25) is 9.59 Å². The van der Waals surface area contributed by atoms with Gasteiger partial charge in [0.1, 0.15) is 5.82 Å². The van der Waals surface area contributed by atoms with E-state index in [9.17, 15) is 19.1 Å². The van der Waals surface area contributed by atoms with Crippen LogP contribution in [0.4, 0.5) is 4.39 Å². The number of aliphatic hydroxyl groups excluding tert-OH is 1. The SMILES string of the molecule is CN1C(=O)C(O)=C(C(=O)c2cccs2)C1c1ccccc1F. The number of halogens is 1. The van der Waals surface area contributed by atoms with Crippen molar-refractivity contribution in [2.45, 2.75) is 6.04 Å². The number of thiophene rings is 1. The van der Waals surface area contributed by atoms with Gasteiger partial charge in [-0.1, -0.05) is 24.3 Å². The van der Waals surface area contributed by atoms with Gasteiger partial charge < -0.3 is 10.0 Å². The lowest BCUT2D eigenvalue weighted by atomic mass is 9.95. The minimum atomic E-state index is -0.928. The zero-order valence-electron chi connectivity index (χ0n) is 11.6. The Kier molecular flexibility index (Phi) is 3.54. The van der Waals surface area contributed by atoms with Gasteiger partial charge in [-0.25, -0.2) is 4.39 Å². The number of nitrogens with zero attached hydrogens (tertiary/aromatic N) is 1. The molecule has 1 aliphatic heterocycles. The molecule has 1 aromatic carbocycles. The first kappa shape index (κ1) is 14.5. The van der Waals surface area contributed by atoms with E-state index in [0.717, 1.165) is 0 Å². The summed E-state index contributed by atoms with van der Waals surface area (Å²) in [5.74, 6) is -2.29. The number of hydrogen-bond donors (Lipinski definition) is 1.